The molecule has 13 rings (SSSR count). The number of hydrogen-bond donors (Lipinski definition) is 2. The molecule has 5 heteroatoms. The molecular weight excluding hydrogens is 881 g/mol. The number of thiophene rings is 1. The fraction of sp³-hybridized carbons (Fsp3) is 0.227. The molecule has 0 fully saturated rings. The van der Waals surface area contributed by atoms with E-state index in [1.807, 2.05) is 25.2 Å². The van der Waals surface area contributed by atoms with Gasteiger partial charge in [-0.3, -0.25) is 9.98 Å². The zero-order chi connectivity index (χ0) is 49.3. The first-order valence-electron chi connectivity index (χ1n) is 25.5. The molecule has 5 aliphatic carbocycles. The van der Waals surface area contributed by atoms with Gasteiger partial charge in [0, 0.05) is 15.9 Å². The number of fused-ring (bicyclic) bond motifs is 13. The Morgan fingerprint density at radius 3 is 2.07 bits per heavy atom. The average Bonchev–Trinajstić information content (AvgIpc) is 3.96. The van der Waals surface area contributed by atoms with E-state index in [0.717, 1.165) is 42.5 Å². The van der Waals surface area contributed by atoms with Gasteiger partial charge >= 0.3 is 0 Å². The first-order chi connectivity index (χ1) is 34.9. The highest BCUT2D eigenvalue weighted by molar-refractivity contribution is 7.16. The first kappa shape index (κ1) is 47.5. The van der Waals surface area contributed by atoms with Gasteiger partial charge in [-0.15, -0.1) is 11.3 Å². The number of nitrogens with one attached hydrogen (secondary N) is 2. The van der Waals surface area contributed by atoms with Crippen LogP contribution in [-0.4, -0.2) is 19.1 Å². The number of nitrogens with zero attached hydrogens (tertiary/aromatic N) is 2. The van der Waals surface area contributed by atoms with Crippen LogP contribution in [-0.2, 0) is 17.3 Å². The number of benzene rings is 6. The minimum absolute atomic E-state index is 0.152. The van der Waals surface area contributed by atoms with E-state index in [9.17, 15) is 0 Å². The Morgan fingerprint density at radius 1 is 0.704 bits per heavy atom. The SMILES string of the molecule is C=N.C=NC(C1=CC=CCC1)c1cccc2c1-c1cc(C3N=C(c4ccc5ccccc5c4)c4sc5c(c4N3)CCC=C5)ccc1C21c2ccccc2C(C)(C)c2ccccc21.CC.CC1=CCCC=C1. The van der Waals surface area contributed by atoms with Crippen LogP contribution < -0.4 is 5.32 Å². The molecule has 1 aliphatic heterocycles. The van der Waals surface area contributed by atoms with E-state index < -0.39 is 5.41 Å². The fourth-order valence-corrected chi connectivity index (χ4v) is 13.3. The zero-order valence-electron chi connectivity index (χ0n) is 41.9. The Morgan fingerprint density at radius 2 is 1.39 bits per heavy atom. The van der Waals surface area contributed by atoms with Crippen molar-refractivity contribution in [2.45, 2.75) is 96.2 Å². The lowest BCUT2D eigenvalue weighted by Crippen LogP contribution is -2.40. The molecular formula is C66H64N4S. The summed E-state index contributed by atoms with van der Waals surface area (Å²) in [5.41, 5.74) is 19.9. The Hall–Kier alpha value is -7.21. The highest BCUT2D eigenvalue weighted by Crippen LogP contribution is 2.63. The third-order valence-corrected chi connectivity index (χ3v) is 16.4. The number of anilines is 1. The zero-order valence-corrected chi connectivity index (χ0v) is 42.7. The number of aliphatic imine (C=N–C) groups is 2. The standard InChI is InChI=1S/C56H45N3S.C7H10.C2H6.CH3N/c1-55(2)43-22-10-12-24-45(43)56(46-25-13-11-23-44(46)55)42-31-30-38(33-41(42)49-40(21-15-26-47(49)56)50(57-3)35-17-5-4-6-18-35)54-58-51(37-29-28-34-16-7-8-19-36(34)32-37)53-52(59-54)39-20-9-14-27-48(39)60-53;1-7-5-3-2-4-6-7;2*1-2/h4-5,7-8,10-17,19,21-33,50,54,59H,3,6,9,18,20H2,1-2H3;3,5-6H,2,4H2,1H3;1-2H3;2H,1H2. The average molecular weight is 945 g/mol. The van der Waals surface area contributed by atoms with Gasteiger partial charge in [0.25, 0.3) is 0 Å². The molecule has 2 N–H and O–H groups in total. The normalized spacial score (nSPS) is 18.0. The summed E-state index contributed by atoms with van der Waals surface area (Å²) in [5.74, 6) is 0. The molecule has 6 aliphatic rings. The van der Waals surface area contributed by atoms with E-state index in [2.05, 4.69) is 216 Å². The molecule has 0 saturated heterocycles. The number of allylic oxidation sites excluding steroid dienone is 8. The molecule has 2 heterocycles. The van der Waals surface area contributed by atoms with E-state index in [0.29, 0.717) is 0 Å². The van der Waals surface area contributed by atoms with Crippen LogP contribution in [0.25, 0.3) is 28.0 Å². The molecule has 71 heavy (non-hydrogen) atoms. The maximum Gasteiger partial charge on any atom is 0.145 e. The molecule has 0 saturated carbocycles. The number of rotatable bonds is 5. The lowest BCUT2D eigenvalue weighted by Gasteiger charge is -2.46. The van der Waals surface area contributed by atoms with Gasteiger partial charge in [0.1, 0.15) is 6.17 Å². The Balaban J connectivity index is 0.000000479. The topological polar surface area (TPSA) is 60.6 Å². The molecule has 354 valence electrons. The van der Waals surface area contributed by atoms with Gasteiger partial charge in [-0.25, -0.2) is 0 Å². The van der Waals surface area contributed by atoms with E-state index >= 15 is 0 Å². The lowest BCUT2D eigenvalue weighted by atomic mass is 9.55. The molecule has 0 amide bonds. The van der Waals surface area contributed by atoms with Crippen molar-refractivity contribution in [3.63, 3.8) is 0 Å². The van der Waals surface area contributed by atoms with E-state index in [-0.39, 0.29) is 17.6 Å². The van der Waals surface area contributed by atoms with Crippen molar-refractivity contribution in [2.24, 2.45) is 9.98 Å². The van der Waals surface area contributed by atoms with Crippen molar-refractivity contribution >= 4 is 53.0 Å². The van der Waals surface area contributed by atoms with Crippen molar-refractivity contribution in [1.82, 2.24) is 0 Å². The maximum atomic E-state index is 5.68. The second-order valence-corrected chi connectivity index (χ2v) is 20.5. The van der Waals surface area contributed by atoms with Crippen molar-refractivity contribution in [1.29, 1.82) is 5.41 Å². The van der Waals surface area contributed by atoms with Crippen molar-refractivity contribution < 1.29 is 0 Å². The third kappa shape index (κ3) is 7.95. The van der Waals surface area contributed by atoms with Gasteiger partial charge in [0.2, 0.25) is 0 Å². The van der Waals surface area contributed by atoms with Crippen LogP contribution >= 0.6 is 11.3 Å². The van der Waals surface area contributed by atoms with Crippen molar-refractivity contribution in [3.05, 3.63) is 246 Å². The van der Waals surface area contributed by atoms with E-state index in [1.54, 1.807) is 0 Å². The van der Waals surface area contributed by atoms with Gasteiger partial charge in [-0.1, -0.05) is 191 Å². The summed E-state index contributed by atoms with van der Waals surface area (Å²) < 4.78 is 0. The molecule has 1 aromatic heterocycles. The highest BCUT2D eigenvalue weighted by atomic mass is 32.1. The third-order valence-electron chi connectivity index (χ3n) is 15.2. The second-order valence-electron chi connectivity index (χ2n) is 19.4. The Kier molecular flexibility index (Phi) is 13.3. The van der Waals surface area contributed by atoms with Crippen molar-refractivity contribution in [2.75, 3.05) is 5.32 Å². The van der Waals surface area contributed by atoms with Crippen LogP contribution in [0.1, 0.15) is 144 Å². The summed E-state index contributed by atoms with van der Waals surface area (Å²) >= 11 is 1.87. The molecule has 2 atom stereocenters. The van der Waals surface area contributed by atoms with Crippen LogP contribution in [0.15, 0.2) is 191 Å². The molecule has 7 aromatic rings. The number of hydrogen-bond acceptors (Lipinski definition) is 5. The summed E-state index contributed by atoms with van der Waals surface area (Å²) in [4.78, 5) is 13.2. The molecule has 4 nitrogen and oxygen atoms in total. The molecule has 1 spiro atoms. The molecule has 0 bridgehead atoms. The summed E-state index contributed by atoms with van der Waals surface area (Å²) in [6, 6.07) is 47.9. The first-order valence-corrected chi connectivity index (χ1v) is 26.3. The molecule has 2 unspecified atom stereocenters. The largest absolute Gasteiger partial charge is 0.359 e. The van der Waals surface area contributed by atoms with Gasteiger partial charge in [-0.05, 0) is 155 Å². The minimum atomic E-state index is -0.514. The monoisotopic (exact) mass is 944 g/mol. The van der Waals surface area contributed by atoms with Crippen LogP contribution in [0.4, 0.5) is 5.69 Å². The minimum Gasteiger partial charge on any atom is -0.359 e. The van der Waals surface area contributed by atoms with Gasteiger partial charge in [0.15, 0.2) is 0 Å². The van der Waals surface area contributed by atoms with E-state index in [1.165, 1.54) is 106 Å². The summed E-state index contributed by atoms with van der Waals surface area (Å²) in [6.45, 7) is 17.7. The summed E-state index contributed by atoms with van der Waals surface area (Å²) in [5, 5.41) is 12.0. The molecule has 0 radical (unpaired) electrons. The van der Waals surface area contributed by atoms with Crippen LogP contribution in [0.2, 0.25) is 0 Å². The Labute approximate surface area is 425 Å². The second kappa shape index (κ2) is 19.9. The van der Waals surface area contributed by atoms with Gasteiger partial charge < -0.3 is 10.7 Å². The van der Waals surface area contributed by atoms with Crippen LogP contribution in [0.5, 0.6) is 0 Å². The maximum absolute atomic E-state index is 5.68. The predicted molar refractivity (Wildman–Crippen MR) is 306 cm³/mol. The highest BCUT2D eigenvalue weighted by Gasteiger charge is 2.54. The van der Waals surface area contributed by atoms with Gasteiger partial charge in [-0.2, -0.15) is 0 Å². The van der Waals surface area contributed by atoms with Crippen LogP contribution in [0.3, 0.4) is 0 Å². The van der Waals surface area contributed by atoms with E-state index in [4.69, 9.17) is 15.4 Å². The predicted octanol–water partition coefficient (Wildman–Crippen LogP) is 17.4. The van der Waals surface area contributed by atoms with Crippen molar-refractivity contribution in [3.8, 4) is 11.1 Å². The summed E-state index contributed by atoms with van der Waals surface area (Å²) in [7, 11) is 0. The van der Waals surface area contributed by atoms with Crippen LogP contribution in [0, 0.1) is 5.41 Å². The summed E-state index contributed by atoms with van der Waals surface area (Å²) in [6.07, 6.45) is 24.3. The van der Waals surface area contributed by atoms with Gasteiger partial charge in [0.05, 0.1) is 27.7 Å². The smallest absolute Gasteiger partial charge is 0.145 e. The quantitative estimate of drug-likeness (QED) is 0.166. The lowest BCUT2D eigenvalue weighted by molar-refractivity contribution is 0.563. The molecule has 6 aromatic carbocycles. The Bertz CT molecular complexity index is 3340. The fourth-order valence-electron chi connectivity index (χ4n) is 12.1.